The van der Waals surface area contributed by atoms with Crippen molar-refractivity contribution in [3.05, 3.63) is 120 Å². The van der Waals surface area contributed by atoms with E-state index in [0.29, 0.717) is 13.1 Å². The van der Waals surface area contributed by atoms with E-state index in [9.17, 15) is 4.79 Å². The predicted molar refractivity (Wildman–Crippen MR) is 147 cm³/mol. The lowest BCUT2D eigenvalue weighted by molar-refractivity contribution is 0.0911. The summed E-state index contributed by atoms with van der Waals surface area (Å²) >= 11 is 0. The minimum Gasteiger partial charge on any atom is -0.495 e. The Morgan fingerprint density at radius 3 is 1.62 bits per heavy atom. The van der Waals surface area contributed by atoms with Crippen molar-refractivity contribution in [1.82, 2.24) is 4.90 Å². The molecule has 0 aromatic heterocycles. The number of carbonyl (C=O) groups is 1. The van der Waals surface area contributed by atoms with Crippen LogP contribution in [0.3, 0.4) is 0 Å². The number of methoxy groups -OCH3 is 2. The summed E-state index contributed by atoms with van der Waals surface area (Å²) in [5.74, 6) is 1.57. The molecule has 0 radical (unpaired) electrons. The minimum atomic E-state index is -0.365. The fourth-order valence-electron chi connectivity index (χ4n) is 4.71. The number of nitrogens with zero attached hydrogens (tertiary/aromatic N) is 1. The monoisotopic (exact) mass is 491 g/mol. The Hall–Kier alpha value is -4.51. The zero-order chi connectivity index (χ0) is 25.6. The standard InChI is InChI=1S/C32H29NO4/c1-35-30-26-15-9-10-16-27(26)31(36-2)29-19-25(17-18-28(29)30)22-37-32(34)33(20-23-11-5-3-6-12-23)21-24-13-7-4-8-14-24/h3-19H,20-22H2,1-2H3. The molecular weight excluding hydrogens is 462 g/mol. The average Bonchev–Trinajstić information content (AvgIpc) is 2.95. The largest absolute Gasteiger partial charge is 0.495 e. The summed E-state index contributed by atoms with van der Waals surface area (Å²) in [6, 6.07) is 33.9. The van der Waals surface area contributed by atoms with Crippen molar-refractivity contribution < 1.29 is 19.0 Å². The first-order valence-electron chi connectivity index (χ1n) is 12.2. The van der Waals surface area contributed by atoms with Crippen LogP contribution in [0.2, 0.25) is 0 Å². The molecule has 0 aliphatic heterocycles. The number of benzene rings is 5. The minimum absolute atomic E-state index is 0.146. The Labute approximate surface area is 216 Å². The molecule has 1 amide bonds. The number of amides is 1. The van der Waals surface area contributed by atoms with Gasteiger partial charge in [-0.05, 0) is 22.8 Å². The van der Waals surface area contributed by atoms with E-state index >= 15 is 0 Å². The zero-order valence-electron chi connectivity index (χ0n) is 21.0. The van der Waals surface area contributed by atoms with Gasteiger partial charge in [0.2, 0.25) is 0 Å². The van der Waals surface area contributed by atoms with Gasteiger partial charge in [-0.2, -0.15) is 0 Å². The molecule has 0 aliphatic carbocycles. The van der Waals surface area contributed by atoms with Crippen molar-refractivity contribution in [1.29, 1.82) is 0 Å². The zero-order valence-corrected chi connectivity index (χ0v) is 21.0. The lowest BCUT2D eigenvalue weighted by atomic mass is 9.99. The quantitative estimate of drug-likeness (QED) is 0.213. The summed E-state index contributed by atoms with van der Waals surface area (Å²) in [7, 11) is 3.35. The van der Waals surface area contributed by atoms with Crippen molar-refractivity contribution in [2.24, 2.45) is 0 Å². The van der Waals surface area contributed by atoms with Crippen molar-refractivity contribution in [3.8, 4) is 11.5 Å². The van der Waals surface area contributed by atoms with E-state index in [4.69, 9.17) is 14.2 Å². The second kappa shape index (κ2) is 11.0. The SMILES string of the molecule is COc1c2ccccc2c(OC)c2cc(COC(=O)N(Cc3ccccc3)Cc3ccccc3)ccc12. The van der Waals surface area contributed by atoms with Gasteiger partial charge in [-0.3, -0.25) is 4.90 Å². The maximum atomic E-state index is 13.2. The number of hydrogen-bond donors (Lipinski definition) is 0. The van der Waals surface area contributed by atoms with Gasteiger partial charge in [0.25, 0.3) is 0 Å². The Kier molecular flexibility index (Phi) is 7.22. The lowest BCUT2D eigenvalue weighted by Crippen LogP contribution is -2.30. The van der Waals surface area contributed by atoms with Crippen LogP contribution in [-0.4, -0.2) is 25.2 Å². The Balaban J connectivity index is 1.41. The number of rotatable bonds is 8. The first kappa shape index (κ1) is 24.2. The molecule has 0 saturated heterocycles. The van der Waals surface area contributed by atoms with Crippen LogP contribution in [-0.2, 0) is 24.4 Å². The summed E-state index contributed by atoms with van der Waals surface area (Å²) in [6.45, 7) is 1.07. The lowest BCUT2D eigenvalue weighted by Gasteiger charge is -2.23. The Bertz CT molecular complexity index is 1470. The molecule has 0 N–H and O–H groups in total. The van der Waals surface area contributed by atoms with Crippen LogP contribution < -0.4 is 9.47 Å². The van der Waals surface area contributed by atoms with Gasteiger partial charge in [0, 0.05) is 34.6 Å². The van der Waals surface area contributed by atoms with Crippen LogP contribution in [0.4, 0.5) is 4.79 Å². The van der Waals surface area contributed by atoms with E-state index in [2.05, 4.69) is 0 Å². The van der Waals surface area contributed by atoms with Crippen molar-refractivity contribution in [2.75, 3.05) is 14.2 Å². The maximum Gasteiger partial charge on any atom is 0.410 e. The van der Waals surface area contributed by atoms with Gasteiger partial charge in [-0.15, -0.1) is 0 Å². The molecule has 0 fully saturated rings. The molecule has 0 spiro atoms. The highest BCUT2D eigenvalue weighted by Crippen LogP contribution is 2.42. The molecule has 0 heterocycles. The van der Waals surface area contributed by atoms with Gasteiger partial charge in [-0.25, -0.2) is 4.79 Å². The summed E-state index contributed by atoms with van der Waals surface area (Å²) in [6.07, 6.45) is -0.365. The molecule has 0 unspecified atom stereocenters. The number of carbonyl (C=O) groups excluding carboxylic acids is 1. The highest BCUT2D eigenvalue weighted by molar-refractivity contribution is 6.11. The van der Waals surface area contributed by atoms with Gasteiger partial charge in [0.1, 0.15) is 18.1 Å². The van der Waals surface area contributed by atoms with Crippen molar-refractivity contribution in [2.45, 2.75) is 19.7 Å². The van der Waals surface area contributed by atoms with Gasteiger partial charge >= 0.3 is 6.09 Å². The predicted octanol–water partition coefficient (Wildman–Crippen LogP) is 7.35. The van der Waals surface area contributed by atoms with Gasteiger partial charge in [0.15, 0.2) is 0 Å². The van der Waals surface area contributed by atoms with Crippen LogP contribution in [0.15, 0.2) is 103 Å². The molecule has 5 aromatic carbocycles. The van der Waals surface area contributed by atoms with E-state index in [0.717, 1.165) is 49.7 Å². The van der Waals surface area contributed by atoms with Crippen LogP contribution in [0.25, 0.3) is 21.5 Å². The van der Waals surface area contributed by atoms with E-state index < -0.39 is 0 Å². The average molecular weight is 492 g/mol. The second-order valence-corrected chi connectivity index (χ2v) is 8.87. The number of ether oxygens (including phenoxy) is 3. The first-order chi connectivity index (χ1) is 18.2. The summed E-state index contributed by atoms with van der Waals surface area (Å²) in [5, 5.41) is 3.83. The Morgan fingerprint density at radius 2 is 1.08 bits per heavy atom. The molecule has 186 valence electrons. The summed E-state index contributed by atoms with van der Waals surface area (Å²) < 4.78 is 17.4. The summed E-state index contributed by atoms with van der Waals surface area (Å²) in [5.41, 5.74) is 2.96. The highest BCUT2D eigenvalue weighted by atomic mass is 16.6. The first-order valence-corrected chi connectivity index (χ1v) is 12.2. The second-order valence-electron chi connectivity index (χ2n) is 8.87. The fourth-order valence-corrected chi connectivity index (χ4v) is 4.71. The Morgan fingerprint density at radius 1 is 0.595 bits per heavy atom. The molecule has 5 heteroatoms. The topological polar surface area (TPSA) is 48.0 Å². The van der Waals surface area contributed by atoms with E-state index in [1.165, 1.54) is 0 Å². The summed E-state index contributed by atoms with van der Waals surface area (Å²) in [4.78, 5) is 15.0. The van der Waals surface area contributed by atoms with Gasteiger partial charge < -0.3 is 14.2 Å². The van der Waals surface area contributed by atoms with E-state index in [1.807, 2.05) is 103 Å². The van der Waals surface area contributed by atoms with Crippen LogP contribution >= 0.6 is 0 Å². The van der Waals surface area contributed by atoms with Crippen LogP contribution in [0, 0.1) is 0 Å². The molecule has 5 rings (SSSR count). The number of fused-ring (bicyclic) bond motifs is 2. The molecule has 0 bridgehead atoms. The molecular formula is C32H29NO4. The van der Waals surface area contributed by atoms with Gasteiger partial charge in [-0.1, -0.05) is 97.1 Å². The van der Waals surface area contributed by atoms with E-state index in [-0.39, 0.29) is 12.7 Å². The third kappa shape index (κ3) is 5.21. The molecule has 0 saturated carbocycles. The highest BCUT2D eigenvalue weighted by Gasteiger charge is 2.18. The van der Waals surface area contributed by atoms with Crippen LogP contribution in [0.1, 0.15) is 16.7 Å². The number of hydrogen-bond acceptors (Lipinski definition) is 4. The normalized spacial score (nSPS) is 10.9. The van der Waals surface area contributed by atoms with Gasteiger partial charge in [0.05, 0.1) is 14.2 Å². The smallest absolute Gasteiger partial charge is 0.410 e. The third-order valence-corrected chi connectivity index (χ3v) is 6.45. The molecule has 0 atom stereocenters. The van der Waals surface area contributed by atoms with E-state index in [1.54, 1.807) is 19.1 Å². The van der Waals surface area contributed by atoms with Crippen molar-refractivity contribution in [3.63, 3.8) is 0 Å². The molecule has 5 nitrogen and oxygen atoms in total. The molecule has 37 heavy (non-hydrogen) atoms. The molecule has 0 aliphatic rings. The van der Waals surface area contributed by atoms with Crippen molar-refractivity contribution >= 4 is 27.6 Å². The molecule has 5 aromatic rings. The van der Waals surface area contributed by atoms with Crippen LogP contribution in [0.5, 0.6) is 11.5 Å². The fraction of sp³-hybridized carbons (Fsp3) is 0.156. The maximum absolute atomic E-state index is 13.2. The third-order valence-electron chi connectivity index (χ3n) is 6.45.